The Morgan fingerprint density at radius 3 is 2.20 bits per heavy atom. The Bertz CT molecular complexity index is 979. The van der Waals surface area contributed by atoms with Gasteiger partial charge in [0, 0.05) is 5.41 Å². The summed E-state index contributed by atoms with van der Waals surface area (Å²) in [5.41, 5.74) is 1.47. The summed E-state index contributed by atoms with van der Waals surface area (Å²) in [6.07, 6.45) is 2.24. The van der Waals surface area contributed by atoms with Crippen LogP contribution in [0.25, 0.3) is 0 Å². The summed E-state index contributed by atoms with van der Waals surface area (Å²) in [6, 6.07) is 14.5. The minimum Gasteiger partial charge on any atom is -0.258 e. The summed E-state index contributed by atoms with van der Waals surface area (Å²) in [4.78, 5) is 0.145. The van der Waals surface area contributed by atoms with E-state index < -0.39 is 25.9 Å². The zero-order chi connectivity index (χ0) is 18.1. The second-order valence-electron chi connectivity index (χ2n) is 5.86. The normalized spacial score (nSPS) is 19.0. The molecule has 2 aromatic rings. The molecule has 25 heavy (non-hydrogen) atoms. The average Bonchev–Trinajstić information content (AvgIpc) is 2.95. The van der Waals surface area contributed by atoms with Gasteiger partial charge in [-0.05, 0) is 42.3 Å². The van der Waals surface area contributed by atoms with Gasteiger partial charge < -0.3 is 0 Å². The zero-order valence-electron chi connectivity index (χ0n) is 13.7. The lowest BCUT2D eigenvalue weighted by atomic mass is 10.2. The molecule has 0 fully saturated rings. The van der Waals surface area contributed by atoms with E-state index in [0.717, 1.165) is 17.4 Å². The van der Waals surface area contributed by atoms with Crippen LogP contribution >= 0.6 is 0 Å². The standard InChI is InChI=1S/C18H19NO4S2/c1-2-15-8-10-18(11-9-15)25(22,23)19(16-6-4-3-5-7-16)17-12-13-24(20,21)14-17/h3-13,17H,2,14H2,1H3/t17-/m0/s1. The molecule has 7 heteroatoms. The molecule has 0 N–H and O–H groups in total. The number of sulfone groups is 1. The van der Waals surface area contributed by atoms with Crippen molar-refractivity contribution >= 4 is 25.5 Å². The highest BCUT2D eigenvalue weighted by atomic mass is 32.2. The van der Waals surface area contributed by atoms with Crippen molar-refractivity contribution in [2.45, 2.75) is 24.3 Å². The van der Waals surface area contributed by atoms with E-state index in [4.69, 9.17) is 0 Å². The molecule has 0 bridgehead atoms. The zero-order valence-corrected chi connectivity index (χ0v) is 15.4. The predicted molar refractivity (Wildman–Crippen MR) is 98.6 cm³/mol. The molecule has 132 valence electrons. The van der Waals surface area contributed by atoms with Crippen molar-refractivity contribution in [2.75, 3.05) is 10.1 Å². The van der Waals surface area contributed by atoms with Gasteiger partial charge in [0.1, 0.15) is 0 Å². The predicted octanol–water partition coefficient (Wildman–Crippen LogP) is 2.76. The third kappa shape index (κ3) is 3.62. The third-order valence-corrected chi connectivity index (χ3v) is 7.36. The maximum Gasteiger partial charge on any atom is 0.264 e. The van der Waals surface area contributed by atoms with Gasteiger partial charge in [-0.25, -0.2) is 16.8 Å². The van der Waals surface area contributed by atoms with Gasteiger partial charge in [-0.2, -0.15) is 0 Å². The molecule has 1 aliphatic heterocycles. The van der Waals surface area contributed by atoms with Crippen LogP contribution < -0.4 is 4.31 Å². The van der Waals surface area contributed by atoms with Gasteiger partial charge in [0.25, 0.3) is 10.0 Å². The first-order valence-corrected chi connectivity index (χ1v) is 11.1. The molecule has 0 saturated heterocycles. The van der Waals surface area contributed by atoms with Crippen molar-refractivity contribution in [3.05, 3.63) is 71.6 Å². The first kappa shape index (κ1) is 17.7. The molecule has 0 saturated carbocycles. The Hall–Kier alpha value is -2.12. The lowest BCUT2D eigenvalue weighted by Gasteiger charge is -2.29. The maximum atomic E-state index is 13.2. The fourth-order valence-electron chi connectivity index (χ4n) is 2.80. The van der Waals surface area contributed by atoms with E-state index in [-0.39, 0.29) is 10.6 Å². The first-order valence-electron chi connectivity index (χ1n) is 7.93. The molecule has 1 aliphatic rings. The number of nitrogens with zero attached hydrogens (tertiary/aromatic N) is 1. The van der Waals surface area contributed by atoms with Crippen LogP contribution in [0.3, 0.4) is 0 Å². The molecule has 1 heterocycles. The summed E-state index contributed by atoms with van der Waals surface area (Å²) in [6.45, 7) is 1.99. The number of sulfonamides is 1. The fourth-order valence-corrected chi connectivity index (χ4v) is 5.77. The van der Waals surface area contributed by atoms with E-state index in [1.165, 1.54) is 10.4 Å². The Labute approximate surface area is 148 Å². The molecule has 3 rings (SSSR count). The minimum absolute atomic E-state index is 0.145. The van der Waals surface area contributed by atoms with Crippen LogP contribution in [0.1, 0.15) is 12.5 Å². The van der Waals surface area contributed by atoms with Crippen LogP contribution in [0.2, 0.25) is 0 Å². The third-order valence-electron chi connectivity index (χ3n) is 4.11. The Kier molecular flexibility index (Phi) is 4.71. The lowest BCUT2D eigenvalue weighted by molar-refractivity contribution is 0.586. The van der Waals surface area contributed by atoms with E-state index in [9.17, 15) is 16.8 Å². The molecular formula is C18H19NO4S2. The second-order valence-corrected chi connectivity index (χ2v) is 9.61. The van der Waals surface area contributed by atoms with Crippen molar-refractivity contribution in [2.24, 2.45) is 0 Å². The van der Waals surface area contributed by atoms with Crippen molar-refractivity contribution < 1.29 is 16.8 Å². The number of anilines is 1. The topological polar surface area (TPSA) is 71.5 Å². The van der Waals surface area contributed by atoms with E-state index in [2.05, 4.69) is 0 Å². The Morgan fingerprint density at radius 2 is 1.68 bits per heavy atom. The molecule has 0 aromatic heterocycles. The molecule has 2 aromatic carbocycles. The summed E-state index contributed by atoms with van der Waals surface area (Å²) < 4.78 is 51.3. The molecule has 0 radical (unpaired) electrons. The molecule has 0 spiro atoms. The van der Waals surface area contributed by atoms with Gasteiger partial charge in [-0.3, -0.25) is 4.31 Å². The van der Waals surface area contributed by atoms with Crippen LogP contribution in [0.5, 0.6) is 0 Å². The van der Waals surface area contributed by atoms with Gasteiger partial charge in [0.2, 0.25) is 0 Å². The molecule has 0 aliphatic carbocycles. The van der Waals surface area contributed by atoms with Gasteiger partial charge in [-0.15, -0.1) is 0 Å². The lowest BCUT2D eigenvalue weighted by Crippen LogP contribution is -2.41. The van der Waals surface area contributed by atoms with Crippen molar-refractivity contribution in [1.29, 1.82) is 0 Å². The SMILES string of the molecule is CCc1ccc(S(=O)(=O)N(c2ccccc2)[C@H]2C=CS(=O)(=O)C2)cc1. The smallest absolute Gasteiger partial charge is 0.258 e. The average molecular weight is 377 g/mol. The van der Waals surface area contributed by atoms with Gasteiger partial charge >= 0.3 is 0 Å². The number of rotatable bonds is 5. The van der Waals surface area contributed by atoms with Crippen LogP contribution in [0, 0.1) is 0 Å². The summed E-state index contributed by atoms with van der Waals surface area (Å²) in [5, 5.41) is 1.09. The van der Waals surface area contributed by atoms with E-state index in [1.807, 2.05) is 6.92 Å². The highest BCUT2D eigenvalue weighted by molar-refractivity contribution is 7.95. The first-order chi connectivity index (χ1) is 11.8. The Balaban J connectivity index is 2.09. The number of benzene rings is 2. The second kappa shape index (κ2) is 6.65. The largest absolute Gasteiger partial charge is 0.264 e. The number of hydrogen-bond acceptors (Lipinski definition) is 4. The molecule has 0 amide bonds. The summed E-state index contributed by atoms with van der Waals surface area (Å²) >= 11 is 0. The molecule has 5 nitrogen and oxygen atoms in total. The summed E-state index contributed by atoms with van der Waals surface area (Å²) in [7, 11) is -7.28. The van der Waals surface area contributed by atoms with Crippen molar-refractivity contribution in [1.82, 2.24) is 0 Å². The number of para-hydroxylation sites is 1. The van der Waals surface area contributed by atoms with Crippen LogP contribution in [-0.4, -0.2) is 28.6 Å². The van der Waals surface area contributed by atoms with Gasteiger partial charge in [-0.1, -0.05) is 37.3 Å². The Morgan fingerprint density at radius 1 is 1.04 bits per heavy atom. The molecular weight excluding hydrogens is 358 g/mol. The molecule has 0 unspecified atom stereocenters. The van der Waals surface area contributed by atoms with E-state index in [0.29, 0.717) is 5.69 Å². The van der Waals surface area contributed by atoms with Crippen LogP contribution in [0.4, 0.5) is 5.69 Å². The summed E-state index contributed by atoms with van der Waals surface area (Å²) in [5.74, 6) is -0.256. The van der Waals surface area contributed by atoms with Gasteiger partial charge in [0.05, 0.1) is 22.4 Å². The number of aryl methyl sites for hydroxylation is 1. The van der Waals surface area contributed by atoms with Crippen LogP contribution in [0.15, 0.2) is 71.0 Å². The van der Waals surface area contributed by atoms with E-state index >= 15 is 0 Å². The highest BCUT2D eigenvalue weighted by Crippen LogP contribution is 2.29. The fraction of sp³-hybridized carbons (Fsp3) is 0.222. The van der Waals surface area contributed by atoms with Gasteiger partial charge in [0.15, 0.2) is 9.84 Å². The molecule has 1 atom stereocenters. The van der Waals surface area contributed by atoms with Crippen LogP contribution in [-0.2, 0) is 26.3 Å². The number of hydrogen-bond donors (Lipinski definition) is 0. The quantitative estimate of drug-likeness (QED) is 0.803. The monoisotopic (exact) mass is 377 g/mol. The maximum absolute atomic E-state index is 13.2. The van der Waals surface area contributed by atoms with Crippen molar-refractivity contribution in [3.8, 4) is 0 Å². The van der Waals surface area contributed by atoms with Crippen molar-refractivity contribution in [3.63, 3.8) is 0 Å². The van der Waals surface area contributed by atoms with E-state index in [1.54, 1.807) is 54.6 Å². The highest BCUT2D eigenvalue weighted by Gasteiger charge is 2.35. The minimum atomic E-state index is -3.90.